The van der Waals surface area contributed by atoms with Crippen LogP contribution in [0.3, 0.4) is 0 Å². The maximum atomic E-state index is 11.6. The maximum absolute atomic E-state index is 11.6. The molecule has 2 rings (SSSR count). The van der Waals surface area contributed by atoms with Crippen LogP contribution >= 0.6 is 0 Å². The molecule has 0 aromatic carbocycles. The second-order valence-corrected chi connectivity index (χ2v) is 3.53. The van der Waals surface area contributed by atoms with Gasteiger partial charge in [0, 0.05) is 6.20 Å². The minimum atomic E-state index is -0.947. The molecular formula is C11H10N4O3. The number of amides is 1. The summed E-state index contributed by atoms with van der Waals surface area (Å²) in [5, 5.41) is 17.4. The van der Waals surface area contributed by atoms with E-state index in [2.05, 4.69) is 20.5 Å². The first-order valence-corrected chi connectivity index (χ1v) is 5.12. The fourth-order valence-electron chi connectivity index (χ4n) is 1.34. The molecule has 2 aromatic heterocycles. The Labute approximate surface area is 102 Å². The first-order valence-electron chi connectivity index (χ1n) is 5.12. The third kappa shape index (κ3) is 2.91. The average Bonchev–Trinajstić information content (AvgIpc) is 2.84. The van der Waals surface area contributed by atoms with Crippen LogP contribution in [-0.4, -0.2) is 32.2 Å². The zero-order valence-electron chi connectivity index (χ0n) is 9.25. The first kappa shape index (κ1) is 11.8. The zero-order chi connectivity index (χ0) is 13.0. The molecule has 0 aliphatic rings. The van der Waals surface area contributed by atoms with Crippen molar-refractivity contribution in [2.45, 2.75) is 6.42 Å². The van der Waals surface area contributed by atoms with Gasteiger partial charge >= 0.3 is 5.97 Å². The van der Waals surface area contributed by atoms with Crippen molar-refractivity contribution in [1.82, 2.24) is 15.2 Å². The number of nitrogens with one attached hydrogen (secondary N) is 2. The van der Waals surface area contributed by atoms with Gasteiger partial charge in [0.05, 0.1) is 24.0 Å². The normalized spacial score (nSPS) is 10.0. The molecule has 2 heterocycles. The zero-order valence-corrected chi connectivity index (χ0v) is 9.25. The van der Waals surface area contributed by atoms with E-state index in [0.717, 1.165) is 0 Å². The number of anilines is 1. The number of carboxylic acids is 1. The number of carboxylic acid groups (broad SMARTS) is 1. The summed E-state index contributed by atoms with van der Waals surface area (Å²) in [5.74, 6) is -1.28. The number of aromatic nitrogens is 3. The maximum Gasteiger partial charge on any atom is 0.309 e. The van der Waals surface area contributed by atoms with Gasteiger partial charge in [-0.25, -0.2) is 0 Å². The molecule has 0 saturated carbocycles. The van der Waals surface area contributed by atoms with Gasteiger partial charge in [-0.3, -0.25) is 19.7 Å². The lowest BCUT2D eigenvalue weighted by Gasteiger charge is -2.03. The number of aromatic amines is 1. The summed E-state index contributed by atoms with van der Waals surface area (Å²) in [7, 11) is 0. The Bertz CT molecular complexity index is 548. The Morgan fingerprint density at radius 2 is 2.17 bits per heavy atom. The second-order valence-electron chi connectivity index (χ2n) is 3.53. The number of hydrogen-bond acceptors (Lipinski definition) is 4. The molecule has 3 N–H and O–H groups in total. The van der Waals surface area contributed by atoms with E-state index in [0.29, 0.717) is 17.1 Å². The van der Waals surface area contributed by atoms with Gasteiger partial charge in [0.1, 0.15) is 5.69 Å². The molecule has 0 unspecified atom stereocenters. The summed E-state index contributed by atoms with van der Waals surface area (Å²) in [6, 6.07) is 4.69. The van der Waals surface area contributed by atoms with E-state index in [-0.39, 0.29) is 12.3 Å². The Morgan fingerprint density at radius 3 is 2.72 bits per heavy atom. The van der Waals surface area contributed by atoms with Gasteiger partial charge in [-0.1, -0.05) is 0 Å². The standard InChI is InChI=1S/C11H10N4O3/c16-10(17)5-7-1-2-8(6-12-7)14-11(18)9-3-4-13-15-9/h1-4,6H,5H2,(H,13,15)(H,14,18)(H,16,17). The van der Waals surface area contributed by atoms with Crippen molar-refractivity contribution in [3.05, 3.63) is 42.0 Å². The first-order chi connectivity index (χ1) is 8.65. The number of carbonyl (C=O) groups excluding carboxylic acids is 1. The molecule has 1 amide bonds. The highest BCUT2D eigenvalue weighted by molar-refractivity contribution is 6.02. The van der Waals surface area contributed by atoms with Crippen molar-refractivity contribution in [1.29, 1.82) is 0 Å². The Morgan fingerprint density at radius 1 is 1.33 bits per heavy atom. The third-order valence-electron chi connectivity index (χ3n) is 2.16. The summed E-state index contributed by atoms with van der Waals surface area (Å²) in [5.41, 5.74) is 1.26. The fourth-order valence-corrected chi connectivity index (χ4v) is 1.34. The van der Waals surface area contributed by atoms with E-state index < -0.39 is 5.97 Å². The van der Waals surface area contributed by atoms with Gasteiger partial charge in [0.2, 0.25) is 0 Å². The highest BCUT2D eigenvalue weighted by Gasteiger charge is 2.07. The molecule has 7 heteroatoms. The highest BCUT2D eigenvalue weighted by Crippen LogP contribution is 2.08. The van der Waals surface area contributed by atoms with Gasteiger partial charge < -0.3 is 10.4 Å². The molecule has 0 saturated heterocycles. The summed E-state index contributed by atoms with van der Waals surface area (Å²) in [4.78, 5) is 26.0. The Hall–Kier alpha value is -2.70. The molecule has 0 aliphatic heterocycles. The molecule has 92 valence electrons. The lowest BCUT2D eigenvalue weighted by Crippen LogP contribution is -2.12. The predicted octanol–water partition coefficient (Wildman–Crippen LogP) is 0.684. The van der Waals surface area contributed by atoms with E-state index in [1.807, 2.05) is 0 Å². The largest absolute Gasteiger partial charge is 0.481 e. The van der Waals surface area contributed by atoms with Crippen molar-refractivity contribution in [3.8, 4) is 0 Å². The monoisotopic (exact) mass is 246 g/mol. The van der Waals surface area contributed by atoms with Crippen LogP contribution in [0.5, 0.6) is 0 Å². The number of nitrogens with zero attached hydrogens (tertiary/aromatic N) is 2. The predicted molar refractivity (Wildman–Crippen MR) is 62.1 cm³/mol. The number of aliphatic carboxylic acids is 1. The quantitative estimate of drug-likeness (QED) is 0.735. The molecule has 0 radical (unpaired) electrons. The van der Waals surface area contributed by atoms with E-state index in [1.54, 1.807) is 18.2 Å². The lowest BCUT2D eigenvalue weighted by atomic mass is 10.2. The van der Waals surface area contributed by atoms with E-state index in [4.69, 9.17) is 5.11 Å². The molecule has 0 aliphatic carbocycles. The van der Waals surface area contributed by atoms with Crippen LogP contribution in [0.25, 0.3) is 0 Å². The van der Waals surface area contributed by atoms with Crippen LogP contribution in [0.2, 0.25) is 0 Å². The van der Waals surface area contributed by atoms with Crippen molar-refractivity contribution in [2.24, 2.45) is 0 Å². The van der Waals surface area contributed by atoms with Gasteiger partial charge in [-0.15, -0.1) is 0 Å². The molecule has 0 spiro atoms. The van der Waals surface area contributed by atoms with Crippen LogP contribution < -0.4 is 5.32 Å². The van der Waals surface area contributed by atoms with E-state index in [9.17, 15) is 9.59 Å². The van der Waals surface area contributed by atoms with Gasteiger partial charge in [-0.2, -0.15) is 5.10 Å². The molecule has 2 aromatic rings. The molecular weight excluding hydrogens is 236 g/mol. The summed E-state index contributed by atoms with van der Waals surface area (Å²) < 4.78 is 0. The highest BCUT2D eigenvalue weighted by atomic mass is 16.4. The van der Waals surface area contributed by atoms with Crippen molar-refractivity contribution in [3.63, 3.8) is 0 Å². The second kappa shape index (κ2) is 5.09. The van der Waals surface area contributed by atoms with Crippen molar-refractivity contribution in [2.75, 3.05) is 5.32 Å². The number of H-pyrrole nitrogens is 1. The molecule has 0 bridgehead atoms. The van der Waals surface area contributed by atoms with Crippen LogP contribution in [0, 0.1) is 0 Å². The van der Waals surface area contributed by atoms with Crippen LogP contribution in [0.1, 0.15) is 16.2 Å². The van der Waals surface area contributed by atoms with Crippen molar-refractivity contribution >= 4 is 17.6 Å². The topological polar surface area (TPSA) is 108 Å². The summed E-state index contributed by atoms with van der Waals surface area (Å²) >= 11 is 0. The number of carbonyl (C=O) groups is 2. The molecule has 7 nitrogen and oxygen atoms in total. The fraction of sp³-hybridized carbons (Fsp3) is 0.0909. The molecule has 18 heavy (non-hydrogen) atoms. The third-order valence-corrected chi connectivity index (χ3v) is 2.16. The SMILES string of the molecule is O=C(O)Cc1ccc(NC(=O)c2ccn[nH]2)cn1. The molecule has 0 fully saturated rings. The minimum Gasteiger partial charge on any atom is -0.481 e. The van der Waals surface area contributed by atoms with Gasteiger partial charge in [0.15, 0.2) is 0 Å². The Kier molecular flexibility index (Phi) is 3.33. The van der Waals surface area contributed by atoms with Gasteiger partial charge in [0.25, 0.3) is 5.91 Å². The summed E-state index contributed by atoms with van der Waals surface area (Å²) in [6.07, 6.45) is 2.74. The average molecular weight is 246 g/mol. The summed E-state index contributed by atoms with van der Waals surface area (Å²) in [6.45, 7) is 0. The van der Waals surface area contributed by atoms with Crippen LogP contribution in [0.15, 0.2) is 30.6 Å². The van der Waals surface area contributed by atoms with Gasteiger partial charge in [-0.05, 0) is 18.2 Å². The number of rotatable bonds is 4. The lowest BCUT2D eigenvalue weighted by molar-refractivity contribution is -0.136. The number of hydrogen-bond donors (Lipinski definition) is 3. The smallest absolute Gasteiger partial charge is 0.309 e. The van der Waals surface area contributed by atoms with E-state index >= 15 is 0 Å². The molecule has 0 atom stereocenters. The van der Waals surface area contributed by atoms with Crippen LogP contribution in [0.4, 0.5) is 5.69 Å². The van der Waals surface area contributed by atoms with Crippen molar-refractivity contribution < 1.29 is 14.7 Å². The van der Waals surface area contributed by atoms with E-state index in [1.165, 1.54) is 12.4 Å². The van der Waals surface area contributed by atoms with Crippen LogP contribution in [-0.2, 0) is 11.2 Å². The Balaban J connectivity index is 2.02. The minimum absolute atomic E-state index is 0.144. The number of pyridine rings is 1.